The molecular weight excluding hydrogens is 333 g/mol. The third kappa shape index (κ3) is 3.52. The van der Waals surface area contributed by atoms with Gasteiger partial charge in [0.1, 0.15) is 5.82 Å². The van der Waals surface area contributed by atoms with Crippen molar-refractivity contribution in [2.75, 3.05) is 6.54 Å². The van der Waals surface area contributed by atoms with Gasteiger partial charge in [0.2, 0.25) is 11.7 Å². The Morgan fingerprint density at radius 1 is 1.23 bits per heavy atom. The van der Waals surface area contributed by atoms with Crippen LogP contribution in [0.5, 0.6) is 0 Å². The van der Waals surface area contributed by atoms with Gasteiger partial charge in [-0.2, -0.15) is 4.98 Å². The number of rotatable bonds is 4. The van der Waals surface area contributed by atoms with Crippen LogP contribution in [-0.4, -0.2) is 32.8 Å². The number of halogens is 1. The second-order valence-corrected chi connectivity index (χ2v) is 6.79. The highest BCUT2D eigenvalue weighted by Crippen LogP contribution is 2.33. The van der Waals surface area contributed by atoms with Crippen molar-refractivity contribution in [2.24, 2.45) is 0 Å². The molecule has 1 fully saturated rings. The Bertz CT molecular complexity index is 894. The fraction of sp³-hybridized carbons (Fsp3) is 0.300. The largest absolute Gasteiger partial charge is 0.392 e. The van der Waals surface area contributed by atoms with Crippen LogP contribution in [0.25, 0.3) is 11.4 Å². The van der Waals surface area contributed by atoms with Gasteiger partial charge in [0.05, 0.1) is 12.1 Å². The average Bonchev–Trinajstić information content (AvgIpc) is 3.24. The van der Waals surface area contributed by atoms with Crippen LogP contribution in [0.4, 0.5) is 4.39 Å². The van der Waals surface area contributed by atoms with E-state index in [1.807, 2.05) is 31.2 Å². The van der Waals surface area contributed by atoms with Crippen LogP contribution in [0, 0.1) is 12.7 Å². The average molecular weight is 353 g/mol. The first kappa shape index (κ1) is 16.9. The molecule has 26 heavy (non-hydrogen) atoms. The van der Waals surface area contributed by atoms with Gasteiger partial charge in [0.25, 0.3) is 0 Å². The first-order valence-corrected chi connectivity index (χ1v) is 8.66. The SMILES string of the molecule is Cc1cccc(-c2noc(C3CC(O)CN3Cc3ccc(F)cc3)n2)c1. The number of aliphatic hydroxyl groups is 1. The lowest BCUT2D eigenvalue weighted by atomic mass is 10.1. The maximum Gasteiger partial charge on any atom is 0.244 e. The minimum atomic E-state index is -0.449. The predicted molar refractivity (Wildman–Crippen MR) is 94.6 cm³/mol. The molecule has 134 valence electrons. The summed E-state index contributed by atoms with van der Waals surface area (Å²) < 4.78 is 18.6. The van der Waals surface area contributed by atoms with Crippen LogP contribution in [0.3, 0.4) is 0 Å². The molecule has 0 spiro atoms. The molecule has 1 N–H and O–H groups in total. The van der Waals surface area contributed by atoms with Crippen LogP contribution in [0.2, 0.25) is 0 Å². The van der Waals surface area contributed by atoms with E-state index in [1.165, 1.54) is 12.1 Å². The number of β-amino-alcohol motifs (C(OH)–C–C–N with tert-alkyl or cyclic N) is 1. The third-order valence-electron chi connectivity index (χ3n) is 4.68. The molecule has 0 radical (unpaired) electrons. The molecule has 3 aromatic rings. The number of aryl methyl sites for hydroxylation is 1. The van der Waals surface area contributed by atoms with Crippen molar-refractivity contribution in [3.63, 3.8) is 0 Å². The van der Waals surface area contributed by atoms with Crippen molar-refractivity contribution in [1.82, 2.24) is 15.0 Å². The summed E-state index contributed by atoms with van der Waals surface area (Å²) in [5, 5.41) is 14.2. The Morgan fingerprint density at radius 3 is 2.81 bits per heavy atom. The van der Waals surface area contributed by atoms with Crippen LogP contribution in [0.1, 0.15) is 29.5 Å². The third-order valence-corrected chi connectivity index (χ3v) is 4.68. The second-order valence-electron chi connectivity index (χ2n) is 6.79. The molecule has 0 bridgehead atoms. The highest BCUT2D eigenvalue weighted by atomic mass is 19.1. The number of nitrogens with zero attached hydrogens (tertiary/aromatic N) is 3. The van der Waals surface area contributed by atoms with E-state index in [9.17, 15) is 9.50 Å². The minimum absolute atomic E-state index is 0.152. The summed E-state index contributed by atoms with van der Waals surface area (Å²) in [5.41, 5.74) is 3.01. The van der Waals surface area contributed by atoms with Gasteiger partial charge < -0.3 is 9.63 Å². The Morgan fingerprint density at radius 2 is 2.04 bits per heavy atom. The van der Waals surface area contributed by atoms with E-state index < -0.39 is 6.10 Å². The Balaban J connectivity index is 1.56. The summed E-state index contributed by atoms with van der Waals surface area (Å²) in [4.78, 5) is 6.64. The molecule has 0 amide bonds. The van der Waals surface area contributed by atoms with E-state index >= 15 is 0 Å². The second kappa shape index (κ2) is 6.97. The topological polar surface area (TPSA) is 62.4 Å². The molecule has 1 aliphatic heterocycles. The number of aromatic nitrogens is 2. The van der Waals surface area contributed by atoms with Crippen molar-refractivity contribution in [3.8, 4) is 11.4 Å². The van der Waals surface area contributed by atoms with Gasteiger partial charge in [-0.3, -0.25) is 4.90 Å². The molecule has 1 aromatic heterocycles. The van der Waals surface area contributed by atoms with Gasteiger partial charge in [0.15, 0.2) is 0 Å². The fourth-order valence-corrected chi connectivity index (χ4v) is 3.41. The monoisotopic (exact) mass is 353 g/mol. The maximum atomic E-state index is 13.1. The van der Waals surface area contributed by atoms with E-state index in [1.54, 1.807) is 12.1 Å². The van der Waals surface area contributed by atoms with Gasteiger partial charge in [-0.15, -0.1) is 0 Å². The molecule has 0 saturated carbocycles. The summed E-state index contributed by atoms with van der Waals surface area (Å²) in [7, 11) is 0. The van der Waals surface area contributed by atoms with E-state index in [4.69, 9.17) is 4.52 Å². The van der Waals surface area contributed by atoms with Gasteiger partial charge in [-0.05, 0) is 37.1 Å². The molecule has 2 unspecified atom stereocenters. The van der Waals surface area contributed by atoms with E-state index in [0.717, 1.165) is 16.7 Å². The molecule has 0 aliphatic carbocycles. The maximum absolute atomic E-state index is 13.1. The zero-order chi connectivity index (χ0) is 18.1. The Hall–Kier alpha value is -2.57. The van der Waals surface area contributed by atoms with Crippen LogP contribution in [-0.2, 0) is 6.54 Å². The van der Waals surface area contributed by atoms with Crippen molar-refractivity contribution < 1.29 is 14.0 Å². The normalized spacial score (nSPS) is 20.6. The lowest BCUT2D eigenvalue weighted by molar-refractivity contribution is 0.169. The van der Waals surface area contributed by atoms with Crippen molar-refractivity contribution in [1.29, 1.82) is 0 Å². The highest BCUT2D eigenvalue weighted by molar-refractivity contribution is 5.55. The van der Waals surface area contributed by atoms with Gasteiger partial charge >= 0.3 is 0 Å². The molecule has 1 saturated heterocycles. The number of benzene rings is 2. The summed E-state index contributed by atoms with van der Waals surface area (Å²) in [6, 6.07) is 14.2. The fourth-order valence-electron chi connectivity index (χ4n) is 3.41. The lowest BCUT2D eigenvalue weighted by Gasteiger charge is -2.21. The first-order chi connectivity index (χ1) is 12.6. The molecule has 4 rings (SSSR count). The van der Waals surface area contributed by atoms with Crippen molar-refractivity contribution >= 4 is 0 Å². The Labute approximate surface area is 151 Å². The Kier molecular flexibility index (Phi) is 4.53. The van der Waals surface area contributed by atoms with Gasteiger partial charge in [-0.25, -0.2) is 4.39 Å². The first-order valence-electron chi connectivity index (χ1n) is 8.66. The van der Waals surface area contributed by atoms with Crippen molar-refractivity contribution in [3.05, 3.63) is 71.4 Å². The smallest absolute Gasteiger partial charge is 0.244 e. The summed E-state index contributed by atoms with van der Waals surface area (Å²) in [6.07, 6.45) is 0.0890. The minimum Gasteiger partial charge on any atom is -0.392 e. The molecule has 6 heteroatoms. The molecule has 2 aromatic carbocycles. The lowest BCUT2D eigenvalue weighted by Crippen LogP contribution is -2.24. The van der Waals surface area contributed by atoms with Crippen LogP contribution in [0.15, 0.2) is 53.1 Å². The highest BCUT2D eigenvalue weighted by Gasteiger charge is 2.35. The number of likely N-dealkylation sites (tertiary alicyclic amines) is 1. The summed E-state index contributed by atoms with van der Waals surface area (Å²) in [6.45, 7) is 3.12. The van der Waals surface area contributed by atoms with Crippen molar-refractivity contribution in [2.45, 2.75) is 32.0 Å². The predicted octanol–water partition coefficient (Wildman–Crippen LogP) is 3.49. The molecular formula is C20H20FN3O2. The van der Waals surface area contributed by atoms with E-state index in [-0.39, 0.29) is 11.9 Å². The number of aliphatic hydroxyl groups excluding tert-OH is 1. The molecule has 2 atom stereocenters. The molecule has 2 heterocycles. The number of hydrogen-bond donors (Lipinski definition) is 1. The standard InChI is InChI=1S/C20H20FN3O2/c1-13-3-2-4-15(9-13)19-22-20(26-23-19)18-10-17(25)12-24(18)11-14-5-7-16(21)8-6-14/h2-9,17-18,25H,10-12H2,1H3. The quantitative estimate of drug-likeness (QED) is 0.778. The van der Waals surface area contributed by atoms with Gasteiger partial charge in [0, 0.05) is 18.7 Å². The molecule has 5 nitrogen and oxygen atoms in total. The van der Waals surface area contributed by atoms with Crippen LogP contribution >= 0.6 is 0 Å². The zero-order valence-electron chi connectivity index (χ0n) is 14.5. The summed E-state index contributed by atoms with van der Waals surface area (Å²) >= 11 is 0. The van der Waals surface area contributed by atoms with Gasteiger partial charge in [-0.1, -0.05) is 41.1 Å². The zero-order valence-corrected chi connectivity index (χ0v) is 14.5. The van der Waals surface area contributed by atoms with Crippen LogP contribution < -0.4 is 0 Å². The number of hydrogen-bond acceptors (Lipinski definition) is 5. The summed E-state index contributed by atoms with van der Waals surface area (Å²) in [5.74, 6) is 0.790. The van der Waals surface area contributed by atoms with E-state index in [0.29, 0.717) is 31.2 Å². The molecule has 1 aliphatic rings. The van der Waals surface area contributed by atoms with E-state index in [2.05, 4.69) is 15.0 Å².